The molecule has 0 saturated heterocycles. The molecule has 1 fully saturated rings. The van der Waals surface area contributed by atoms with Crippen molar-refractivity contribution in [3.05, 3.63) is 35.5 Å². The van der Waals surface area contributed by atoms with E-state index in [0.29, 0.717) is 28.7 Å². The molecule has 7 nitrogen and oxygen atoms in total. The second kappa shape index (κ2) is 8.12. The number of carbonyl (C=O) groups is 2. The van der Waals surface area contributed by atoms with Gasteiger partial charge in [-0.1, -0.05) is 24.4 Å². The molecule has 138 valence electrons. The zero-order valence-electron chi connectivity index (χ0n) is 15.1. The van der Waals surface area contributed by atoms with Gasteiger partial charge in [0.05, 0.1) is 19.2 Å². The lowest BCUT2D eigenvalue weighted by Crippen LogP contribution is -2.19. The minimum atomic E-state index is -0.300. The minimum Gasteiger partial charge on any atom is -0.495 e. The topological polar surface area (TPSA) is 94.3 Å². The number of hydrogen-bond donors (Lipinski definition) is 1. The number of amides is 1. The fraction of sp³-hybridized carbons (Fsp3) is 0.474. The first-order chi connectivity index (χ1) is 12.6. The van der Waals surface area contributed by atoms with Crippen LogP contribution in [0, 0.1) is 12.8 Å². The van der Waals surface area contributed by atoms with Crippen molar-refractivity contribution in [2.45, 2.75) is 45.4 Å². The van der Waals surface area contributed by atoms with Gasteiger partial charge >= 0.3 is 0 Å². The second-order valence-corrected chi connectivity index (χ2v) is 6.57. The summed E-state index contributed by atoms with van der Waals surface area (Å²) >= 11 is 0. The van der Waals surface area contributed by atoms with E-state index < -0.39 is 0 Å². The quantitative estimate of drug-likeness (QED) is 0.797. The third kappa shape index (κ3) is 4.28. The van der Waals surface area contributed by atoms with Gasteiger partial charge in [0.1, 0.15) is 5.75 Å². The smallest absolute Gasteiger partial charge is 0.232 e. The molecule has 1 N–H and O–H groups in total. The third-order valence-electron chi connectivity index (χ3n) is 4.62. The Kier molecular flexibility index (Phi) is 5.65. The number of nitrogens with one attached hydrogen (secondary N) is 1. The molecule has 1 aliphatic carbocycles. The zero-order chi connectivity index (χ0) is 18.5. The van der Waals surface area contributed by atoms with Crippen LogP contribution >= 0.6 is 0 Å². The van der Waals surface area contributed by atoms with Gasteiger partial charge < -0.3 is 14.6 Å². The fourth-order valence-corrected chi connectivity index (χ4v) is 3.31. The van der Waals surface area contributed by atoms with E-state index in [1.807, 2.05) is 0 Å². The van der Waals surface area contributed by atoms with Gasteiger partial charge in [0, 0.05) is 18.4 Å². The molecule has 1 aromatic heterocycles. The number of hydrogen-bond acceptors (Lipinski definition) is 6. The Morgan fingerprint density at radius 2 is 2.04 bits per heavy atom. The first-order valence-corrected chi connectivity index (χ1v) is 8.88. The summed E-state index contributed by atoms with van der Waals surface area (Å²) in [7, 11) is 1.52. The van der Waals surface area contributed by atoms with Crippen molar-refractivity contribution < 1.29 is 18.8 Å². The van der Waals surface area contributed by atoms with E-state index in [4.69, 9.17) is 9.26 Å². The molecule has 0 bridgehead atoms. The van der Waals surface area contributed by atoms with Gasteiger partial charge in [0.15, 0.2) is 11.6 Å². The van der Waals surface area contributed by atoms with E-state index in [2.05, 4.69) is 15.5 Å². The molecule has 7 heteroatoms. The largest absolute Gasteiger partial charge is 0.495 e. The second-order valence-electron chi connectivity index (χ2n) is 6.57. The fourth-order valence-electron chi connectivity index (χ4n) is 3.31. The predicted octanol–water partition coefficient (Wildman–Crippen LogP) is 3.33. The number of ether oxygens (including phenoxy) is 1. The average Bonchev–Trinajstić information content (AvgIpc) is 3.06. The number of nitrogens with zero attached hydrogens (tertiary/aromatic N) is 2. The standard InChI is InChI=1S/C19H23N3O4/c1-12-20-17(22-26-12)11-18(23)21-15-10-14(8-9-16(15)25-2)19(24)13-6-4-3-5-7-13/h8-10,13H,3-7,11H2,1-2H3,(H,21,23). The molecule has 1 aromatic carbocycles. The Labute approximate surface area is 152 Å². The van der Waals surface area contributed by atoms with Crippen LogP contribution in [0.5, 0.6) is 5.75 Å². The third-order valence-corrected chi connectivity index (χ3v) is 4.62. The molecular formula is C19H23N3O4. The molecule has 0 atom stereocenters. The van der Waals surface area contributed by atoms with Crippen LogP contribution in [0.2, 0.25) is 0 Å². The number of anilines is 1. The van der Waals surface area contributed by atoms with E-state index in [1.165, 1.54) is 13.5 Å². The molecule has 1 saturated carbocycles. The van der Waals surface area contributed by atoms with Gasteiger partial charge in [0.2, 0.25) is 11.8 Å². The molecule has 0 aliphatic heterocycles. The summed E-state index contributed by atoms with van der Waals surface area (Å²) in [6.07, 6.45) is 5.25. The number of carbonyl (C=O) groups excluding carboxylic acids is 2. The number of rotatable bonds is 6. The highest BCUT2D eigenvalue weighted by atomic mass is 16.5. The highest BCUT2D eigenvalue weighted by Gasteiger charge is 2.23. The van der Waals surface area contributed by atoms with Crippen molar-refractivity contribution in [2.24, 2.45) is 5.92 Å². The van der Waals surface area contributed by atoms with Gasteiger partial charge in [-0.25, -0.2) is 0 Å². The lowest BCUT2D eigenvalue weighted by molar-refractivity contribution is -0.115. The summed E-state index contributed by atoms with van der Waals surface area (Å²) < 4.78 is 10.2. The number of ketones is 1. The normalized spacial score (nSPS) is 14.8. The monoisotopic (exact) mass is 357 g/mol. The summed E-state index contributed by atoms with van der Waals surface area (Å²) in [6, 6.07) is 5.16. The van der Waals surface area contributed by atoms with Crippen LogP contribution in [0.3, 0.4) is 0 Å². The van der Waals surface area contributed by atoms with Crippen molar-refractivity contribution in [1.29, 1.82) is 0 Å². The lowest BCUT2D eigenvalue weighted by atomic mass is 9.84. The summed E-state index contributed by atoms with van der Waals surface area (Å²) in [5, 5.41) is 6.49. The molecule has 2 aromatic rings. The van der Waals surface area contributed by atoms with Gasteiger partial charge in [-0.3, -0.25) is 9.59 Å². The molecule has 0 radical (unpaired) electrons. The first kappa shape index (κ1) is 18.1. The number of methoxy groups -OCH3 is 1. The van der Waals surface area contributed by atoms with Gasteiger partial charge in [0.25, 0.3) is 0 Å². The summed E-state index contributed by atoms with van der Waals surface area (Å²) in [5.41, 5.74) is 1.07. The molecule has 1 heterocycles. The maximum Gasteiger partial charge on any atom is 0.232 e. The number of Topliss-reactive ketones (excluding diaryl/α,β-unsaturated/α-hetero) is 1. The maximum absolute atomic E-state index is 12.7. The average molecular weight is 357 g/mol. The summed E-state index contributed by atoms with van der Waals surface area (Å²) in [5.74, 6) is 1.13. The van der Waals surface area contributed by atoms with Crippen LogP contribution < -0.4 is 10.1 Å². The number of benzene rings is 1. The van der Waals surface area contributed by atoms with E-state index in [1.54, 1.807) is 25.1 Å². The van der Waals surface area contributed by atoms with E-state index >= 15 is 0 Å². The van der Waals surface area contributed by atoms with Crippen LogP contribution in [0.1, 0.15) is 54.2 Å². The Morgan fingerprint density at radius 1 is 1.27 bits per heavy atom. The highest BCUT2D eigenvalue weighted by molar-refractivity contribution is 6.01. The Balaban J connectivity index is 1.74. The molecule has 1 aliphatic rings. The van der Waals surface area contributed by atoms with Crippen molar-refractivity contribution in [1.82, 2.24) is 10.1 Å². The summed E-state index contributed by atoms with van der Waals surface area (Å²) in [6.45, 7) is 1.66. The van der Waals surface area contributed by atoms with E-state index in [-0.39, 0.29) is 24.0 Å². The molecule has 0 spiro atoms. The zero-order valence-corrected chi connectivity index (χ0v) is 15.1. The number of aromatic nitrogens is 2. The summed E-state index contributed by atoms with van der Waals surface area (Å²) in [4.78, 5) is 29.0. The van der Waals surface area contributed by atoms with E-state index in [0.717, 1.165) is 25.7 Å². The molecule has 3 rings (SSSR count). The van der Waals surface area contributed by atoms with Gasteiger partial charge in [-0.05, 0) is 31.0 Å². The van der Waals surface area contributed by atoms with Crippen LogP contribution in [-0.2, 0) is 11.2 Å². The SMILES string of the molecule is COc1ccc(C(=O)C2CCCCC2)cc1NC(=O)Cc1noc(C)n1. The highest BCUT2D eigenvalue weighted by Crippen LogP contribution is 2.30. The van der Waals surface area contributed by atoms with Crippen LogP contribution in [0.25, 0.3) is 0 Å². The maximum atomic E-state index is 12.7. The van der Waals surface area contributed by atoms with Crippen molar-refractivity contribution >= 4 is 17.4 Å². The van der Waals surface area contributed by atoms with Gasteiger partial charge in [-0.15, -0.1) is 0 Å². The predicted molar refractivity (Wildman–Crippen MR) is 95.3 cm³/mol. The molecule has 26 heavy (non-hydrogen) atoms. The van der Waals surface area contributed by atoms with Crippen molar-refractivity contribution in [3.8, 4) is 5.75 Å². The first-order valence-electron chi connectivity index (χ1n) is 8.88. The van der Waals surface area contributed by atoms with Crippen molar-refractivity contribution in [3.63, 3.8) is 0 Å². The van der Waals surface area contributed by atoms with Crippen LogP contribution in [0.4, 0.5) is 5.69 Å². The van der Waals surface area contributed by atoms with Crippen LogP contribution in [0.15, 0.2) is 22.7 Å². The van der Waals surface area contributed by atoms with Crippen LogP contribution in [-0.4, -0.2) is 28.9 Å². The van der Waals surface area contributed by atoms with E-state index in [9.17, 15) is 9.59 Å². The van der Waals surface area contributed by atoms with Gasteiger partial charge in [-0.2, -0.15) is 4.98 Å². The van der Waals surface area contributed by atoms with Crippen molar-refractivity contribution in [2.75, 3.05) is 12.4 Å². The molecule has 1 amide bonds. The molecular weight excluding hydrogens is 334 g/mol. The number of aryl methyl sites for hydroxylation is 1. The lowest BCUT2D eigenvalue weighted by Gasteiger charge is -2.21. The Morgan fingerprint density at radius 3 is 2.69 bits per heavy atom. The Hall–Kier alpha value is -2.70. The minimum absolute atomic E-state index is 0.0126. The molecule has 0 unspecified atom stereocenters. The Bertz CT molecular complexity index is 794.